The minimum absolute atomic E-state index is 0.0453. The summed E-state index contributed by atoms with van der Waals surface area (Å²) >= 11 is 12.4. The molecule has 0 aromatic carbocycles. The van der Waals surface area contributed by atoms with Crippen LogP contribution in [0.1, 0.15) is 98.4 Å². The lowest BCUT2D eigenvalue weighted by atomic mass is 9.74. The van der Waals surface area contributed by atoms with Crippen LogP contribution in [-0.4, -0.2) is 55.5 Å². The number of aryl methyl sites for hydroxylation is 1. The summed E-state index contributed by atoms with van der Waals surface area (Å²) in [7, 11) is 0. The molecule has 2 aromatic rings. The number of aliphatic carboxylic acids is 1. The molecule has 0 radical (unpaired) electrons. The van der Waals surface area contributed by atoms with Crippen molar-refractivity contribution >= 4 is 40.9 Å². The Labute approximate surface area is 236 Å². The molecule has 39 heavy (non-hydrogen) atoms. The molecule has 0 atom stereocenters. The maximum absolute atomic E-state index is 15.0. The SMILES string of the molecule is Cc1cc(Cl)c(C(=O)CN(CC(C)(C)C)C(=O)c2cnn(C3CCC(C)(C(=O)O)CC3)c2C(C)(F)F)c(Cl)n1. The largest absolute Gasteiger partial charge is 0.481 e. The van der Waals surface area contributed by atoms with E-state index in [0.717, 1.165) is 10.9 Å². The number of nitrogens with zero attached hydrogens (tertiary/aromatic N) is 4. The van der Waals surface area contributed by atoms with Gasteiger partial charge in [-0.1, -0.05) is 44.0 Å². The Hall–Kier alpha value is -2.59. The molecule has 0 spiro atoms. The monoisotopic (exact) mass is 586 g/mol. The van der Waals surface area contributed by atoms with E-state index in [1.807, 2.05) is 20.8 Å². The highest BCUT2D eigenvalue weighted by molar-refractivity contribution is 6.39. The van der Waals surface area contributed by atoms with Gasteiger partial charge in [0, 0.05) is 19.2 Å². The number of hydrogen-bond acceptors (Lipinski definition) is 5. The van der Waals surface area contributed by atoms with Crippen LogP contribution >= 0.6 is 23.2 Å². The van der Waals surface area contributed by atoms with Gasteiger partial charge in [-0.05, 0) is 51.0 Å². The Morgan fingerprint density at radius 2 is 1.77 bits per heavy atom. The van der Waals surface area contributed by atoms with E-state index in [1.54, 1.807) is 13.8 Å². The van der Waals surface area contributed by atoms with Crippen LogP contribution in [0.15, 0.2) is 12.3 Å². The van der Waals surface area contributed by atoms with Crippen molar-refractivity contribution in [3.8, 4) is 0 Å². The van der Waals surface area contributed by atoms with Crippen LogP contribution in [0.4, 0.5) is 8.78 Å². The third kappa shape index (κ3) is 6.95. The number of alkyl halides is 2. The molecule has 3 rings (SSSR count). The molecule has 0 saturated heterocycles. The normalized spacial score (nSPS) is 20.1. The first-order valence-corrected chi connectivity index (χ1v) is 13.4. The molecule has 2 aromatic heterocycles. The molecule has 0 unspecified atom stereocenters. The number of Topliss-reactive ketones (excluding diaryl/α,β-unsaturated/α-hetero) is 1. The lowest BCUT2D eigenvalue weighted by molar-refractivity contribution is -0.150. The second kappa shape index (κ2) is 11.1. The minimum Gasteiger partial charge on any atom is -0.481 e. The first kappa shape index (κ1) is 30.9. The molecule has 1 aliphatic carbocycles. The van der Waals surface area contributed by atoms with Crippen molar-refractivity contribution in [1.29, 1.82) is 0 Å². The number of amides is 1. The van der Waals surface area contributed by atoms with Crippen LogP contribution in [0, 0.1) is 17.8 Å². The van der Waals surface area contributed by atoms with E-state index in [1.165, 1.54) is 11.0 Å². The minimum atomic E-state index is -3.43. The summed E-state index contributed by atoms with van der Waals surface area (Å²) in [6.45, 7) is 9.18. The van der Waals surface area contributed by atoms with E-state index in [-0.39, 0.29) is 27.8 Å². The Kier molecular flexibility index (Phi) is 8.82. The summed E-state index contributed by atoms with van der Waals surface area (Å²) in [5.41, 5.74) is -1.82. The molecule has 12 heteroatoms. The summed E-state index contributed by atoms with van der Waals surface area (Å²) in [4.78, 5) is 44.0. The summed E-state index contributed by atoms with van der Waals surface area (Å²) < 4.78 is 31.2. The van der Waals surface area contributed by atoms with E-state index in [2.05, 4.69) is 10.1 Å². The van der Waals surface area contributed by atoms with Crippen LogP contribution in [-0.2, 0) is 10.7 Å². The predicted molar refractivity (Wildman–Crippen MR) is 144 cm³/mol. The third-order valence-electron chi connectivity index (χ3n) is 6.98. The Morgan fingerprint density at radius 3 is 2.26 bits per heavy atom. The molecule has 1 aliphatic rings. The van der Waals surface area contributed by atoms with Crippen molar-refractivity contribution in [1.82, 2.24) is 19.7 Å². The van der Waals surface area contributed by atoms with Gasteiger partial charge in [0.1, 0.15) is 10.8 Å². The molecule has 1 fully saturated rings. The van der Waals surface area contributed by atoms with E-state index < -0.39 is 52.7 Å². The number of halogens is 4. The van der Waals surface area contributed by atoms with Gasteiger partial charge in [0.15, 0.2) is 5.78 Å². The van der Waals surface area contributed by atoms with Crippen molar-refractivity contribution < 1.29 is 28.3 Å². The molecular formula is C27H34Cl2F2N4O4. The lowest BCUT2D eigenvalue weighted by Gasteiger charge is -2.35. The van der Waals surface area contributed by atoms with E-state index >= 15 is 8.78 Å². The smallest absolute Gasteiger partial charge is 0.309 e. The summed E-state index contributed by atoms with van der Waals surface area (Å²) in [5.74, 6) is -5.71. The van der Waals surface area contributed by atoms with Gasteiger partial charge in [0.05, 0.1) is 40.3 Å². The standard InChI is InChI=1S/C27H34Cl2F2N4O4/c1-15-11-18(28)20(22(29)33-15)19(36)13-34(14-25(2,3)4)23(37)17-12-32-35(21(17)27(6,30)31)16-7-9-26(5,10-8-16)24(38)39/h11-12,16H,7-10,13-14H2,1-6H3,(H,38,39). The Bertz CT molecular complexity index is 1250. The van der Waals surface area contributed by atoms with Gasteiger partial charge >= 0.3 is 5.97 Å². The van der Waals surface area contributed by atoms with Crippen LogP contribution < -0.4 is 0 Å². The van der Waals surface area contributed by atoms with E-state index in [4.69, 9.17) is 23.2 Å². The number of aromatic nitrogens is 3. The van der Waals surface area contributed by atoms with Gasteiger partial charge in [0.25, 0.3) is 11.8 Å². The van der Waals surface area contributed by atoms with Gasteiger partial charge in [-0.3, -0.25) is 19.1 Å². The van der Waals surface area contributed by atoms with Gasteiger partial charge in [-0.25, -0.2) is 4.98 Å². The number of ketones is 1. The fourth-order valence-electron chi connectivity index (χ4n) is 4.97. The molecule has 8 nitrogen and oxygen atoms in total. The zero-order valence-corrected chi connectivity index (χ0v) is 24.5. The second-order valence-electron chi connectivity index (χ2n) is 11.9. The lowest BCUT2D eigenvalue weighted by Crippen LogP contribution is -2.42. The maximum Gasteiger partial charge on any atom is 0.309 e. The quantitative estimate of drug-likeness (QED) is 0.276. The van der Waals surface area contributed by atoms with Crippen LogP contribution in [0.2, 0.25) is 10.2 Å². The van der Waals surface area contributed by atoms with Crippen molar-refractivity contribution in [2.24, 2.45) is 10.8 Å². The van der Waals surface area contributed by atoms with Gasteiger partial charge in [0.2, 0.25) is 0 Å². The summed E-state index contributed by atoms with van der Waals surface area (Å²) in [5, 5.41) is 13.7. The third-order valence-corrected chi connectivity index (χ3v) is 7.56. The molecule has 0 bridgehead atoms. The number of hydrogen-bond donors (Lipinski definition) is 1. The number of carboxylic acids is 1. The fourth-order valence-corrected chi connectivity index (χ4v) is 5.71. The number of carboxylic acid groups (broad SMARTS) is 1. The van der Waals surface area contributed by atoms with Gasteiger partial charge in [-0.15, -0.1) is 0 Å². The molecular weight excluding hydrogens is 553 g/mol. The first-order valence-electron chi connectivity index (χ1n) is 12.7. The highest BCUT2D eigenvalue weighted by Gasteiger charge is 2.43. The summed E-state index contributed by atoms with van der Waals surface area (Å²) in [6, 6.07) is 0.990. The van der Waals surface area contributed by atoms with Gasteiger partial charge in [-0.2, -0.15) is 13.9 Å². The molecule has 214 valence electrons. The average molecular weight is 587 g/mol. The number of rotatable bonds is 8. The molecule has 0 aliphatic heterocycles. The summed E-state index contributed by atoms with van der Waals surface area (Å²) in [6.07, 6.45) is 2.34. The molecule has 2 heterocycles. The zero-order chi connectivity index (χ0) is 29.5. The first-order chi connectivity index (χ1) is 17.8. The average Bonchev–Trinajstić information content (AvgIpc) is 3.22. The Balaban J connectivity index is 1.99. The maximum atomic E-state index is 15.0. The van der Waals surface area contributed by atoms with Crippen molar-refractivity contribution in [2.75, 3.05) is 13.1 Å². The van der Waals surface area contributed by atoms with Crippen molar-refractivity contribution in [3.63, 3.8) is 0 Å². The number of carbonyl (C=O) groups excluding carboxylic acids is 2. The fraction of sp³-hybridized carbons (Fsp3) is 0.593. The predicted octanol–water partition coefficient (Wildman–Crippen LogP) is 6.58. The molecule has 1 saturated carbocycles. The highest BCUT2D eigenvalue weighted by atomic mass is 35.5. The van der Waals surface area contributed by atoms with Crippen LogP contribution in [0.3, 0.4) is 0 Å². The highest BCUT2D eigenvalue weighted by Crippen LogP contribution is 2.43. The zero-order valence-electron chi connectivity index (χ0n) is 22.9. The topological polar surface area (TPSA) is 105 Å². The van der Waals surface area contributed by atoms with E-state index in [0.29, 0.717) is 38.3 Å². The molecule has 1 N–H and O–H groups in total. The Morgan fingerprint density at radius 1 is 1.18 bits per heavy atom. The number of pyridine rings is 1. The second-order valence-corrected chi connectivity index (χ2v) is 12.7. The van der Waals surface area contributed by atoms with E-state index in [9.17, 15) is 19.5 Å². The van der Waals surface area contributed by atoms with Crippen molar-refractivity contribution in [3.05, 3.63) is 45.0 Å². The number of carbonyl (C=O) groups is 3. The van der Waals surface area contributed by atoms with Crippen LogP contribution in [0.25, 0.3) is 0 Å². The molecule has 1 amide bonds. The van der Waals surface area contributed by atoms with Crippen molar-refractivity contribution in [2.45, 2.75) is 79.2 Å². The van der Waals surface area contributed by atoms with Gasteiger partial charge < -0.3 is 10.0 Å². The van der Waals surface area contributed by atoms with Crippen LogP contribution in [0.5, 0.6) is 0 Å².